The summed E-state index contributed by atoms with van der Waals surface area (Å²) in [6, 6.07) is 4.24. The molecule has 2 atom stereocenters. The fourth-order valence-electron chi connectivity index (χ4n) is 2.21. The SMILES string of the molecule is COc1ccc(C(=O)N(C)[C@H]2CNC[C@@H]2O)c(O)c1. The number of ether oxygens (including phenoxy) is 1. The van der Waals surface area contributed by atoms with E-state index in [-0.39, 0.29) is 23.3 Å². The molecule has 0 spiro atoms. The lowest BCUT2D eigenvalue weighted by Gasteiger charge is -2.26. The smallest absolute Gasteiger partial charge is 0.257 e. The number of phenolic OH excluding ortho intramolecular Hbond substituents is 1. The average Bonchev–Trinajstić information content (AvgIpc) is 2.83. The van der Waals surface area contributed by atoms with Crippen molar-refractivity contribution in [3.8, 4) is 11.5 Å². The van der Waals surface area contributed by atoms with Crippen molar-refractivity contribution in [2.24, 2.45) is 0 Å². The summed E-state index contributed by atoms with van der Waals surface area (Å²) >= 11 is 0. The fraction of sp³-hybridized carbons (Fsp3) is 0.462. The van der Waals surface area contributed by atoms with Gasteiger partial charge in [-0.15, -0.1) is 0 Å². The Morgan fingerprint density at radius 2 is 2.21 bits per heavy atom. The van der Waals surface area contributed by atoms with Crippen LogP contribution in [0.2, 0.25) is 0 Å². The molecule has 1 aliphatic heterocycles. The van der Waals surface area contributed by atoms with Crippen molar-refractivity contribution in [2.75, 3.05) is 27.2 Å². The number of hydrogen-bond acceptors (Lipinski definition) is 5. The summed E-state index contributed by atoms with van der Waals surface area (Å²) in [5, 5.41) is 22.6. The van der Waals surface area contributed by atoms with Crippen LogP contribution >= 0.6 is 0 Å². The molecule has 0 aliphatic carbocycles. The minimum atomic E-state index is -0.589. The molecule has 1 amide bonds. The topological polar surface area (TPSA) is 82.0 Å². The second-order valence-corrected chi connectivity index (χ2v) is 4.59. The summed E-state index contributed by atoms with van der Waals surface area (Å²) in [7, 11) is 3.11. The lowest BCUT2D eigenvalue weighted by Crippen LogP contribution is -2.44. The number of likely N-dealkylation sites (N-methyl/N-ethyl adjacent to an activating group) is 1. The van der Waals surface area contributed by atoms with Crippen LogP contribution in [0.1, 0.15) is 10.4 Å². The molecule has 1 aromatic carbocycles. The van der Waals surface area contributed by atoms with Crippen LogP contribution in [0.5, 0.6) is 11.5 Å². The molecule has 104 valence electrons. The van der Waals surface area contributed by atoms with Gasteiger partial charge in [-0.05, 0) is 12.1 Å². The van der Waals surface area contributed by atoms with Gasteiger partial charge in [0, 0.05) is 26.2 Å². The van der Waals surface area contributed by atoms with Crippen LogP contribution in [-0.2, 0) is 0 Å². The standard InChI is InChI=1S/C13H18N2O4/c1-15(10-6-14-7-12(10)17)13(18)9-4-3-8(19-2)5-11(9)16/h3-5,10,12,14,16-17H,6-7H2,1-2H3/t10-,12-/m0/s1. The maximum atomic E-state index is 12.3. The minimum absolute atomic E-state index is 0.128. The van der Waals surface area contributed by atoms with Gasteiger partial charge in [-0.1, -0.05) is 0 Å². The number of aliphatic hydroxyl groups is 1. The summed E-state index contributed by atoms with van der Waals surface area (Å²) in [5.41, 5.74) is 0.197. The van der Waals surface area contributed by atoms with Gasteiger partial charge >= 0.3 is 0 Å². The van der Waals surface area contributed by atoms with Crippen molar-refractivity contribution >= 4 is 5.91 Å². The third kappa shape index (κ3) is 2.64. The average molecular weight is 266 g/mol. The van der Waals surface area contributed by atoms with Crippen molar-refractivity contribution in [1.29, 1.82) is 0 Å². The van der Waals surface area contributed by atoms with Gasteiger partial charge in [0.2, 0.25) is 0 Å². The van der Waals surface area contributed by atoms with E-state index < -0.39 is 6.10 Å². The largest absolute Gasteiger partial charge is 0.507 e. The number of nitrogens with zero attached hydrogens (tertiary/aromatic N) is 1. The monoisotopic (exact) mass is 266 g/mol. The Bertz CT molecular complexity index is 478. The van der Waals surface area contributed by atoms with E-state index in [1.165, 1.54) is 24.1 Å². The lowest BCUT2D eigenvalue weighted by atomic mass is 10.1. The summed E-state index contributed by atoms with van der Waals surface area (Å²) in [6.45, 7) is 1.01. The van der Waals surface area contributed by atoms with Gasteiger partial charge in [0.15, 0.2) is 0 Å². The van der Waals surface area contributed by atoms with E-state index in [1.54, 1.807) is 13.1 Å². The third-order valence-electron chi connectivity index (χ3n) is 3.40. The summed E-state index contributed by atoms with van der Waals surface area (Å²) < 4.78 is 4.97. The zero-order chi connectivity index (χ0) is 14.0. The van der Waals surface area contributed by atoms with Gasteiger partial charge in [0.05, 0.1) is 24.8 Å². The predicted molar refractivity (Wildman–Crippen MR) is 69.4 cm³/mol. The maximum absolute atomic E-state index is 12.3. The number of aromatic hydroxyl groups is 1. The first-order chi connectivity index (χ1) is 9.04. The number of phenols is 1. The van der Waals surface area contributed by atoms with E-state index in [9.17, 15) is 15.0 Å². The van der Waals surface area contributed by atoms with Crippen molar-refractivity contribution in [3.63, 3.8) is 0 Å². The van der Waals surface area contributed by atoms with Crippen LogP contribution in [-0.4, -0.2) is 60.4 Å². The molecule has 3 N–H and O–H groups in total. The Labute approximate surface area is 111 Å². The molecule has 1 fully saturated rings. The molecular weight excluding hydrogens is 248 g/mol. The number of β-amino-alcohol motifs (C(OH)–C–C–N with tert-alkyl or cyclic N) is 1. The maximum Gasteiger partial charge on any atom is 0.257 e. The number of aliphatic hydroxyl groups excluding tert-OH is 1. The number of benzene rings is 1. The van der Waals surface area contributed by atoms with Crippen molar-refractivity contribution in [2.45, 2.75) is 12.1 Å². The quantitative estimate of drug-likeness (QED) is 0.706. The molecule has 19 heavy (non-hydrogen) atoms. The van der Waals surface area contributed by atoms with Crippen LogP contribution in [0.25, 0.3) is 0 Å². The molecule has 2 rings (SSSR count). The highest BCUT2D eigenvalue weighted by atomic mass is 16.5. The molecule has 0 aromatic heterocycles. The van der Waals surface area contributed by atoms with E-state index in [2.05, 4.69) is 5.32 Å². The first-order valence-corrected chi connectivity index (χ1v) is 6.07. The van der Waals surface area contributed by atoms with E-state index >= 15 is 0 Å². The van der Waals surface area contributed by atoms with Crippen LogP contribution < -0.4 is 10.1 Å². The highest BCUT2D eigenvalue weighted by Crippen LogP contribution is 2.25. The zero-order valence-corrected chi connectivity index (χ0v) is 11.0. The highest BCUT2D eigenvalue weighted by molar-refractivity contribution is 5.97. The van der Waals surface area contributed by atoms with E-state index in [4.69, 9.17) is 4.74 Å². The number of carbonyl (C=O) groups is 1. The van der Waals surface area contributed by atoms with Gasteiger partial charge in [-0.25, -0.2) is 0 Å². The van der Waals surface area contributed by atoms with Gasteiger partial charge < -0.3 is 25.2 Å². The van der Waals surface area contributed by atoms with Crippen LogP contribution in [0.15, 0.2) is 18.2 Å². The van der Waals surface area contributed by atoms with Crippen LogP contribution in [0, 0.1) is 0 Å². The Balaban J connectivity index is 2.19. The molecule has 1 aromatic rings. The summed E-state index contributed by atoms with van der Waals surface area (Å²) in [4.78, 5) is 13.7. The predicted octanol–water partition coefficient (Wildman–Crippen LogP) is -0.195. The number of hydrogen-bond donors (Lipinski definition) is 3. The zero-order valence-electron chi connectivity index (χ0n) is 11.0. The molecular formula is C13H18N2O4. The van der Waals surface area contributed by atoms with E-state index in [1.807, 2.05) is 0 Å². The lowest BCUT2D eigenvalue weighted by molar-refractivity contribution is 0.0578. The Morgan fingerprint density at radius 1 is 1.47 bits per heavy atom. The highest BCUT2D eigenvalue weighted by Gasteiger charge is 2.32. The molecule has 0 saturated carbocycles. The van der Waals surface area contributed by atoms with Crippen molar-refractivity contribution in [3.05, 3.63) is 23.8 Å². The Kier molecular flexibility index (Phi) is 3.92. The number of rotatable bonds is 3. The van der Waals surface area contributed by atoms with Gasteiger partial charge in [0.1, 0.15) is 11.5 Å². The van der Waals surface area contributed by atoms with Crippen molar-refractivity contribution < 1.29 is 19.7 Å². The van der Waals surface area contributed by atoms with Crippen molar-refractivity contribution in [1.82, 2.24) is 10.2 Å². The van der Waals surface area contributed by atoms with Gasteiger partial charge in [0.25, 0.3) is 5.91 Å². The molecule has 0 radical (unpaired) electrons. The molecule has 1 saturated heterocycles. The molecule has 1 heterocycles. The molecule has 1 aliphatic rings. The second kappa shape index (κ2) is 5.46. The van der Waals surface area contributed by atoms with Gasteiger partial charge in [-0.3, -0.25) is 4.79 Å². The fourth-order valence-corrected chi connectivity index (χ4v) is 2.21. The molecule has 6 heteroatoms. The Hall–Kier alpha value is -1.79. The van der Waals surface area contributed by atoms with E-state index in [0.717, 1.165) is 0 Å². The third-order valence-corrected chi connectivity index (χ3v) is 3.40. The number of nitrogens with one attached hydrogen (secondary N) is 1. The minimum Gasteiger partial charge on any atom is -0.507 e. The molecule has 0 unspecified atom stereocenters. The number of amides is 1. The summed E-state index contributed by atoms with van der Waals surface area (Å²) in [6.07, 6.45) is -0.589. The van der Waals surface area contributed by atoms with Crippen LogP contribution in [0.4, 0.5) is 0 Å². The van der Waals surface area contributed by atoms with Gasteiger partial charge in [-0.2, -0.15) is 0 Å². The number of methoxy groups -OCH3 is 1. The number of carbonyl (C=O) groups excluding carboxylic acids is 1. The summed E-state index contributed by atoms with van der Waals surface area (Å²) in [5.74, 6) is 0.0313. The molecule has 6 nitrogen and oxygen atoms in total. The second-order valence-electron chi connectivity index (χ2n) is 4.59. The Morgan fingerprint density at radius 3 is 2.74 bits per heavy atom. The van der Waals surface area contributed by atoms with Crippen LogP contribution in [0.3, 0.4) is 0 Å². The molecule has 0 bridgehead atoms. The first-order valence-electron chi connectivity index (χ1n) is 6.07. The normalized spacial score (nSPS) is 22.3. The van der Waals surface area contributed by atoms with E-state index in [0.29, 0.717) is 18.8 Å². The first kappa shape index (κ1) is 13.6.